The highest BCUT2D eigenvalue weighted by molar-refractivity contribution is 5.81. The van der Waals surface area contributed by atoms with Gasteiger partial charge in [-0.3, -0.25) is 9.59 Å². The quantitative estimate of drug-likeness (QED) is 0.337. The van der Waals surface area contributed by atoms with Gasteiger partial charge in [0.2, 0.25) is 11.8 Å². The van der Waals surface area contributed by atoms with Crippen molar-refractivity contribution in [2.45, 2.75) is 167 Å². The molecule has 3 fully saturated rings. The Morgan fingerprint density at radius 3 is 2.25 bits per heavy atom. The Labute approximate surface area is 330 Å². The molecule has 314 valence electrons. The van der Waals surface area contributed by atoms with Crippen LogP contribution in [0.3, 0.4) is 0 Å². The molecule has 3 heterocycles. The second-order valence-corrected chi connectivity index (χ2v) is 18.5. The van der Waals surface area contributed by atoms with Crippen molar-refractivity contribution in [1.29, 1.82) is 0 Å². The lowest BCUT2D eigenvalue weighted by atomic mass is 9.70. The number of aliphatic hydroxyl groups excluding tert-OH is 2. The minimum absolute atomic E-state index is 0.0400. The molecule has 4 rings (SSSR count). The van der Waals surface area contributed by atoms with E-state index in [-0.39, 0.29) is 41.9 Å². The summed E-state index contributed by atoms with van der Waals surface area (Å²) >= 11 is 0. The van der Waals surface area contributed by atoms with Crippen LogP contribution in [0.15, 0.2) is 24.3 Å². The molecule has 0 aromatic heterocycles. The summed E-state index contributed by atoms with van der Waals surface area (Å²) in [5.41, 5.74) is -0.296. The van der Waals surface area contributed by atoms with E-state index in [1.165, 1.54) is 0 Å². The van der Waals surface area contributed by atoms with E-state index in [9.17, 15) is 19.8 Å². The number of amides is 2. The zero-order chi connectivity index (χ0) is 41.0. The van der Waals surface area contributed by atoms with Gasteiger partial charge in [-0.05, 0) is 104 Å². The first-order valence-electron chi connectivity index (χ1n) is 20.5. The Morgan fingerprint density at radius 1 is 1.00 bits per heavy atom. The van der Waals surface area contributed by atoms with Crippen molar-refractivity contribution in [1.82, 2.24) is 15.1 Å². The normalized spacial score (nSPS) is 39.1. The maximum atomic E-state index is 14.6. The number of nitrogens with zero attached hydrogens (tertiary/aromatic N) is 2. The summed E-state index contributed by atoms with van der Waals surface area (Å²) in [4.78, 5) is 32.3. The summed E-state index contributed by atoms with van der Waals surface area (Å²) in [5.74, 6) is -1.12. The Hall–Kier alpha value is -2.32. The van der Waals surface area contributed by atoms with Crippen LogP contribution in [0.5, 0.6) is 5.75 Å². The summed E-state index contributed by atoms with van der Waals surface area (Å²) in [6.07, 6.45) is -1.45. The van der Waals surface area contributed by atoms with E-state index < -0.39 is 66.2 Å². The molecular weight excluding hydrogens is 702 g/mol. The van der Waals surface area contributed by atoms with Crippen LogP contribution in [0.4, 0.5) is 0 Å². The van der Waals surface area contributed by atoms with Crippen molar-refractivity contribution in [3.63, 3.8) is 0 Å². The molecule has 3 N–H and O–H groups in total. The average molecular weight is 776 g/mol. The first-order valence-corrected chi connectivity index (χ1v) is 20.5. The molecule has 12 nitrogen and oxygen atoms in total. The smallest absolute Gasteiger partial charge is 0.224 e. The first-order chi connectivity index (χ1) is 25.6. The molecule has 1 aromatic rings. The van der Waals surface area contributed by atoms with Crippen molar-refractivity contribution >= 4 is 11.8 Å². The number of benzene rings is 1. The molecule has 0 spiro atoms. The first kappa shape index (κ1) is 45.4. The van der Waals surface area contributed by atoms with Crippen LogP contribution in [0, 0.1) is 23.7 Å². The van der Waals surface area contributed by atoms with Gasteiger partial charge in [-0.1, -0.05) is 32.9 Å². The molecule has 12 heteroatoms. The molecule has 55 heavy (non-hydrogen) atoms. The zero-order valence-electron chi connectivity index (χ0n) is 35.9. The SMILES string of the molecule is CO[C@]1(C)C[C@H](C2[C@@H](C)C(=O)NC(Cc3ccc(OC(C)(C)C)cc3)CC(=O)N(C)C[C@H](C)C[C@@H](O)[C@H](O[C@H]3C[C@@H](N(C)C)C[C@@H](C)O3)[C@H]2C)O[C@@H](C)[C@@H]1O. The number of carbonyl (C=O) groups excluding carboxylic acids is 2. The van der Waals surface area contributed by atoms with Crippen molar-refractivity contribution in [2.24, 2.45) is 23.7 Å². The van der Waals surface area contributed by atoms with E-state index in [4.69, 9.17) is 23.7 Å². The number of hydrogen-bond acceptors (Lipinski definition) is 10. The molecule has 3 aliphatic heterocycles. The number of carbonyl (C=O) groups is 2. The van der Waals surface area contributed by atoms with Crippen LogP contribution in [0.2, 0.25) is 0 Å². The van der Waals surface area contributed by atoms with E-state index in [2.05, 4.69) is 24.3 Å². The van der Waals surface area contributed by atoms with Crippen LogP contribution in [-0.4, -0.2) is 133 Å². The average Bonchev–Trinajstić information content (AvgIpc) is 3.08. The fraction of sp³-hybridized carbons (Fsp3) is 0.814. The molecule has 0 radical (unpaired) electrons. The van der Waals surface area contributed by atoms with Gasteiger partial charge in [-0.15, -0.1) is 0 Å². The predicted octanol–water partition coefficient (Wildman–Crippen LogP) is 4.81. The number of aliphatic hydroxyl groups is 2. The number of hydrogen-bond donors (Lipinski definition) is 3. The van der Waals surface area contributed by atoms with Gasteiger partial charge in [0.1, 0.15) is 17.5 Å². The molecule has 3 aliphatic rings. The Balaban J connectivity index is 1.74. The van der Waals surface area contributed by atoms with Crippen LogP contribution in [0.25, 0.3) is 0 Å². The largest absolute Gasteiger partial charge is 0.488 e. The van der Waals surface area contributed by atoms with Gasteiger partial charge in [0.05, 0.1) is 36.1 Å². The molecule has 2 unspecified atom stereocenters. The monoisotopic (exact) mass is 776 g/mol. The molecular formula is C43H73N3O9. The van der Waals surface area contributed by atoms with Crippen molar-refractivity contribution in [3.05, 3.63) is 29.8 Å². The molecule has 1 aromatic carbocycles. The number of nitrogens with one attached hydrogen (secondary N) is 1. The molecule has 0 bridgehead atoms. The lowest BCUT2D eigenvalue weighted by molar-refractivity contribution is -0.261. The van der Waals surface area contributed by atoms with E-state index >= 15 is 0 Å². The van der Waals surface area contributed by atoms with E-state index in [0.29, 0.717) is 32.2 Å². The summed E-state index contributed by atoms with van der Waals surface area (Å²) in [6, 6.07) is 7.57. The van der Waals surface area contributed by atoms with Gasteiger partial charge in [-0.2, -0.15) is 0 Å². The van der Waals surface area contributed by atoms with E-state index in [1.807, 2.05) is 86.6 Å². The second kappa shape index (κ2) is 19.0. The summed E-state index contributed by atoms with van der Waals surface area (Å²) in [5, 5.41) is 26.6. The van der Waals surface area contributed by atoms with Gasteiger partial charge in [0.25, 0.3) is 0 Å². The fourth-order valence-corrected chi connectivity index (χ4v) is 9.07. The van der Waals surface area contributed by atoms with Gasteiger partial charge in [-0.25, -0.2) is 0 Å². The summed E-state index contributed by atoms with van der Waals surface area (Å²) in [6.45, 7) is 18.1. The molecule has 14 atom stereocenters. The highest BCUT2D eigenvalue weighted by Crippen LogP contribution is 2.42. The predicted molar refractivity (Wildman–Crippen MR) is 213 cm³/mol. The van der Waals surface area contributed by atoms with Crippen LogP contribution in [-0.2, 0) is 35.0 Å². The Bertz CT molecular complexity index is 1390. The van der Waals surface area contributed by atoms with Crippen molar-refractivity contribution in [2.75, 3.05) is 34.8 Å². The summed E-state index contributed by atoms with van der Waals surface area (Å²) in [7, 11) is 7.49. The van der Waals surface area contributed by atoms with Crippen LogP contribution < -0.4 is 10.1 Å². The summed E-state index contributed by atoms with van der Waals surface area (Å²) < 4.78 is 31.8. The Kier molecular flexibility index (Phi) is 15.6. The molecule has 0 saturated carbocycles. The number of methoxy groups -OCH3 is 1. The van der Waals surface area contributed by atoms with E-state index in [1.54, 1.807) is 19.1 Å². The maximum Gasteiger partial charge on any atom is 0.224 e. The van der Waals surface area contributed by atoms with Crippen LogP contribution in [0.1, 0.15) is 100.0 Å². The third-order valence-electron chi connectivity index (χ3n) is 12.2. The number of ether oxygens (including phenoxy) is 5. The second-order valence-electron chi connectivity index (χ2n) is 18.5. The van der Waals surface area contributed by atoms with E-state index in [0.717, 1.165) is 17.7 Å². The fourth-order valence-electron chi connectivity index (χ4n) is 9.07. The van der Waals surface area contributed by atoms with Gasteiger partial charge in [0.15, 0.2) is 6.29 Å². The van der Waals surface area contributed by atoms with Gasteiger partial charge >= 0.3 is 0 Å². The zero-order valence-corrected chi connectivity index (χ0v) is 35.9. The lowest BCUT2D eigenvalue weighted by Gasteiger charge is -2.50. The molecule has 3 saturated heterocycles. The van der Waals surface area contributed by atoms with Crippen LogP contribution >= 0.6 is 0 Å². The molecule has 0 aliphatic carbocycles. The Morgan fingerprint density at radius 2 is 1.65 bits per heavy atom. The minimum Gasteiger partial charge on any atom is -0.488 e. The number of rotatable bonds is 8. The third-order valence-corrected chi connectivity index (χ3v) is 12.2. The lowest BCUT2D eigenvalue weighted by Crippen LogP contribution is -2.60. The standard InChI is InChI=1S/C43H73N3O9/c1-25-18-34(47)39(54-37-22-32(45(10)11)19-26(2)52-37)27(3)38(35-23-43(9,51-13)40(49)29(5)53-35)28(4)41(50)44-31(21-36(48)46(12)24-25)20-30-14-16-33(17-15-30)55-42(6,7)8/h14-17,25-29,31-32,34-35,37-40,47,49H,18-24H2,1-13H3,(H,44,50)/t25-,26-,27+,28-,29+,31?,32+,34-,35-,37+,38?,39-,40+,43-/m1/s1. The van der Waals surface area contributed by atoms with Gasteiger partial charge < -0.3 is 49.0 Å². The van der Waals surface area contributed by atoms with Crippen molar-refractivity contribution < 1.29 is 43.5 Å². The minimum atomic E-state index is -0.927. The molecule has 2 amide bonds. The van der Waals surface area contributed by atoms with Crippen molar-refractivity contribution in [3.8, 4) is 5.75 Å². The van der Waals surface area contributed by atoms with Gasteiger partial charge in [0, 0.05) is 63.9 Å². The third kappa shape index (κ3) is 12.1. The maximum absolute atomic E-state index is 14.6. The highest BCUT2D eigenvalue weighted by atomic mass is 16.7. The topological polar surface area (TPSA) is 139 Å². The highest BCUT2D eigenvalue weighted by Gasteiger charge is 2.51.